The Morgan fingerprint density at radius 3 is 2.15 bits per heavy atom. The van der Waals surface area contributed by atoms with E-state index in [9.17, 15) is 45.6 Å². The third-order valence-electron chi connectivity index (χ3n) is 8.09. The third-order valence-corrected chi connectivity index (χ3v) is 8.09. The van der Waals surface area contributed by atoms with E-state index in [1.54, 1.807) is 0 Å². The lowest BCUT2D eigenvalue weighted by Crippen LogP contribution is -2.67. The van der Waals surface area contributed by atoms with Gasteiger partial charge in [-0.15, -0.1) is 0 Å². The number of amides is 1. The van der Waals surface area contributed by atoms with Crippen molar-refractivity contribution >= 4 is 5.91 Å². The van der Waals surface area contributed by atoms with Crippen molar-refractivity contribution in [3.8, 4) is 0 Å². The minimum absolute atomic E-state index is 0.0112. The molecular weight excluding hydrogens is 538 g/mol. The second kappa shape index (κ2) is 14.4. The second-order valence-corrected chi connectivity index (χ2v) is 10.8. The molecule has 0 radical (unpaired) electrons. The molecule has 3 rings (SSSR count). The number of hydrogen-bond donors (Lipinski definition) is 13. The number of hydrogen-bond acceptors (Lipinski definition) is 16. The van der Waals surface area contributed by atoms with Crippen LogP contribution in [0.1, 0.15) is 19.3 Å². The maximum Gasteiger partial charge on any atom is 0.249 e. The number of rotatable bonds is 10. The van der Waals surface area contributed by atoms with Crippen LogP contribution < -0.4 is 28.3 Å². The smallest absolute Gasteiger partial charge is 0.249 e. The fraction of sp³-hybridized carbons (Fsp3) is 0.957. The number of carbonyl (C=O) groups excluding carboxylic acids is 1. The van der Waals surface area contributed by atoms with Crippen LogP contribution in [0.15, 0.2) is 0 Å². The Kier molecular flexibility index (Phi) is 12.0. The van der Waals surface area contributed by atoms with Gasteiger partial charge in [-0.05, 0) is 25.8 Å². The average molecular weight is 584 g/mol. The molecular formula is C23H45N5O12. The van der Waals surface area contributed by atoms with Gasteiger partial charge in [-0.1, -0.05) is 0 Å². The molecule has 2 saturated heterocycles. The highest BCUT2D eigenvalue weighted by atomic mass is 16.7. The summed E-state index contributed by atoms with van der Waals surface area (Å²) in [4.78, 5) is 12.6. The van der Waals surface area contributed by atoms with Crippen molar-refractivity contribution in [1.82, 2.24) is 5.32 Å². The number of carbonyl (C=O) groups is 1. The van der Waals surface area contributed by atoms with Gasteiger partial charge in [0.15, 0.2) is 6.29 Å². The van der Waals surface area contributed by atoms with Crippen molar-refractivity contribution < 1.29 is 59.9 Å². The van der Waals surface area contributed by atoms with E-state index >= 15 is 0 Å². The van der Waals surface area contributed by atoms with Gasteiger partial charge >= 0.3 is 0 Å². The second-order valence-electron chi connectivity index (χ2n) is 10.8. The van der Waals surface area contributed by atoms with Crippen molar-refractivity contribution in [1.29, 1.82) is 0 Å². The molecule has 3 aliphatic rings. The molecule has 0 spiro atoms. The van der Waals surface area contributed by atoms with Gasteiger partial charge in [-0.25, -0.2) is 0 Å². The number of nitrogens with one attached hydrogen (secondary N) is 1. The molecule has 0 aromatic rings. The molecule has 17 N–H and O–H groups in total. The Hall–Kier alpha value is -1.13. The maximum absolute atomic E-state index is 12.6. The third kappa shape index (κ3) is 7.08. The highest BCUT2D eigenvalue weighted by Gasteiger charge is 2.52. The summed E-state index contributed by atoms with van der Waals surface area (Å²) in [7, 11) is 0. The summed E-state index contributed by atoms with van der Waals surface area (Å²) in [6, 6.07) is -3.03. The van der Waals surface area contributed by atoms with Crippen LogP contribution in [0.4, 0.5) is 0 Å². The van der Waals surface area contributed by atoms with Gasteiger partial charge in [0.05, 0.1) is 31.0 Å². The molecule has 1 saturated carbocycles. The van der Waals surface area contributed by atoms with Crippen molar-refractivity contribution in [2.24, 2.45) is 28.9 Å². The van der Waals surface area contributed by atoms with E-state index < -0.39 is 110 Å². The number of aliphatic hydroxyl groups is 8. The van der Waals surface area contributed by atoms with Crippen LogP contribution in [0.25, 0.3) is 0 Å². The van der Waals surface area contributed by atoms with Gasteiger partial charge in [0.1, 0.15) is 48.8 Å². The molecule has 1 amide bonds. The maximum atomic E-state index is 12.6. The molecule has 17 nitrogen and oxygen atoms in total. The predicted molar refractivity (Wildman–Crippen MR) is 135 cm³/mol. The van der Waals surface area contributed by atoms with Crippen LogP contribution in [-0.2, 0) is 19.0 Å². The van der Waals surface area contributed by atoms with Crippen LogP contribution in [0, 0.1) is 5.92 Å². The Morgan fingerprint density at radius 2 is 1.55 bits per heavy atom. The first-order chi connectivity index (χ1) is 18.9. The van der Waals surface area contributed by atoms with Gasteiger partial charge in [-0.2, -0.15) is 0 Å². The normalized spacial score (nSPS) is 47.0. The average Bonchev–Trinajstić information content (AvgIpc) is 2.92. The summed E-state index contributed by atoms with van der Waals surface area (Å²) in [5.41, 5.74) is 23.3. The molecule has 0 aromatic heterocycles. The van der Waals surface area contributed by atoms with Gasteiger partial charge in [-0.3, -0.25) is 4.79 Å². The van der Waals surface area contributed by atoms with E-state index in [1.165, 1.54) is 0 Å². The lowest BCUT2D eigenvalue weighted by Gasteiger charge is -2.49. The van der Waals surface area contributed by atoms with Gasteiger partial charge in [0.25, 0.3) is 0 Å². The molecule has 17 heteroatoms. The van der Waals surface area contributed by atoms with Crippen molar-refractivity contribution in [2.45, 2.75) is 111 Å². The monoisotopic (exact) mass is 583 g/mol. The Balaban J connectivity index is 1.85. The number of ether oxygens (including phenoxy) is 3. The minimum atomic E-state index is -1.72. The van der Waals surface area contributed by atoms with E-state index in [1.807, 2.05) is 0 Å². The fourth-order valence-electron chi connectivity index (χ4n) is 5.63. The molecule has 1 aliphatic carbocycles. The van der Waals surface area contributed by atoms with E-state index in [4.69, 9.17) is 37.1 Å². The molecule has 0 aromatic carbocycles. The first kappa shape index (κ1) is 33.4. The summed E-state index contributed by atoms with van der Waals surface area (Å²) < 4.78 is 17.0. The zero-order valence-corrected chi connectivity index (χ0v) is 22.0. The Labute approximate surface area is 231 Å². The Bertz CT molecular complexity index is 814. The highest BCUT2D eigenvalue weighted by Crippen LogP contribution is 2.35. The van der Waals surface area contributed by atoms with E-state index in [-0.39, 0.29) is 32.4 Å². The summed E-state index contributed by atoms with van der Waals surface area (Å²) in [5.74, 6) is -1.72. The molecule has 16 atom stereocenters. The van der Waals surface area contributed by atoms with Crippen LogP contribution in [0.5, 0.6) is 0 Å². The quantitative estimate of drug-likeness (QED) is 0.113. The first-order valence-electron chi connectivity index (χ1n) is 13.4. The highest BCUT2D eigenvalue weighted by molar-refractivity contribution is 5.80. The summed E-state index contributed by atoms with van der Waals surface area (Å²) in [6.07, 6.45) is -16.8. The molecule has 3 fully saturated rings. The lowest BCUT2D eigenvalue weighted by molar-refractivity contribution is -0.317. The molecule has 40 heavy (non-hydrogen) atoms. The van der Waals surface area contributed by atoms with Crippen LogP contribution in [0.2, 0.25) is 0 Å². The first-order valence-corrected chi connectivity index (χ1v) is 13.4. The standard InChI is InChI=1S/C23H45N5O12/c24-2-1-10(30)22(37)28-9-4-8(26)21(40-23-20(36)19(35)18(34)12(5-25)39-23)15(31)7(9)3-11-16(32)14(27)17(33)13(6-29)38-11/h7-21,23,29-36H,1-6,24-27H2,(H,28,37)/t7-,8-,9?,10-,11+,12+,13+,14+,15+,16-,17+,18+,19?,20+,21+,23+/m0/s1. The zero-order chi connectivity index (χ0) is 29.9. The molecule has 234 valence electrons. The predicted octanol–water partition coefficient (Wildman–Crippen LogP) is -7.76. The largest absolute Gasteiger partial charge is 0.394 e. The van der Waals surface area contributed by atoms with Gasteiger partial charge in [0, 0.05) is 24.5 Å². The minimum Gasteiger partial charge on any atom is -0.394 e. The van der Waals surface area contributed by atoms with Gasteiger partial charge < -0.3 is 83.3 Å². The summed E-state index contributed by atoms with van der Waals surface area (Å²) in [6.45, 7) is -0.763. The SMILES string of the molecule is NCC[C@H](O)C(=O)NC1C[C@H](N)[C@@H](O[C@H]2O[C@H](CN)[C@@H](O)C(O)[C@H]2O)[C@H](O)[C@H]1C[C@H]1O[C@H](CO)[C@@H](O)[C@H](N)[C@H]1O. The zero-order valence-electron chi connectivity index (χ0n) is 22.0. The lowest BCUT2D eigenvalue weighted by atomic mass is 9.73. The van der Waals surface area contributed by atoms with E-state index in [0.717, 1.165) is 0 Å². The van der Waals surface area contributed by atoms with Crippen molar-refractivity contribution in [3.63, 3.8) is 0 Å². The molecule has 2 unspecified atom stereocenters. The topological polar surface area (TPSA) is 323 Å². The molecule has 2 aliphatic heterocycles. The van der Waals surface area contributed by atoms with Crippen molar-refractivity contribution in [2.75, 3.05) is 19.7 Å². The van der Waals surface area contributed by atoms with Crippen molar-refractivity contribution in [3.05, 3.63) is 0 Å². The molecule has 2 heterocycles. The van der Waals surface area contributed by atoms with E-state index in [0.29, 0.717) is 0 Å². The number of aliphatic hydroxyl groups excluding tert-OH is 8. The summed E-state index contributed by atoms with van der Waals surface area (Å²) >= 11 is 0. The van der Waals surface area contributed by atoms with Crippen LogP contribution in [-0.4, -0.2) is 158 Å². The van der Waals surface area contributed by atoms with Gasteiger partial charge in [0.2, 0.25) is 5.91 Å². The van der Waals surface area contributed by atoms with Crippen LogP contribution >= 0.6 is 0 Å². The summed E-state index contributed by atoms with van der Waals surface area (Å²) in [5, 5.41) is 85.5. The van der Waals surface area contributed by atoms with E-state index in [2.05, 4.69) is 5.32 Å². The molecule has 0 bridgehead atoms. The fourth-order valence-corrected chi connectivity index (χ4v) is 5.63. The Morgan fingerprint density at radius 1 is 0.900 bits per heavy atom. The number of nitrogens with two attached hydrogens (primary N) is 4. The van der Waals surface area contributed by atoms with Crippen LogP contribution in [0.3, 0.4) is 0 Å².